The molecule has 3 aromatic heterocycles. The zero-order chi connectivity index (χ0) is 14.1. The van der Waals surface area contributed by atoms with Crippen molar-refractivity contribution in [2.24, 2.45) is 0 Å². The minimum Gasteiger partial charge on any atom is -0.382 e. The van der Waals surface area contributed by atoms with Gasteiger partial charge in [-0.3, -0.25) is 0 Å². The number of hydrogen-bond acceptors (Lipinski definition) is 8. The lowest BCUT2D eigenvalue weighted by Gasteiger charge is -2.16. The molecule has 0 saturated carbocycles. The summed E-state index contributed by atoms with van der Waals surface area (Å²) in [4.78, 5) is 10.9. The third-order valence-electron chi connectivity index (χ3n) is 2.80. The van der Waals surface area contributed by atoms with Crippen molar-refractivity contribution in [2.75, 3.05) is 17.7 Å². The van der Waals surface area contributed by atoms with E-state index in [4.69, 9.17) is 5.73 Å². The number of aromatic nitrogens is 3. The lowest BCUT2D eigenvalue weighted by atomic mass is 10.2. The van der Waals surface area contributed by atoms with Crippen LogP contribution in [0.4, 0.5) is 10.8 Å². The van der Waals surface area contributed by atoms with Crippen molar-refractivity contribution in [2.45, 2.75) is 13.5 Å². The molecule has 8 heteroatoms. The number of rotatable bonds is 4. The van der Waals surface area contributed by atoms with Crippen LogP contribution in [-0.4, -0.2) is 21.4 Å². The third kappa shape index (κ3) is 2.54. The smallest absolute Gasteiger partial charge is 0.148 e. The van der Waals surface area contributed by atoms with E-state index >= 15 is 0 Å². The maximum atomic E-state index is 6.02. The van der Waals surface area contributed by atoms with Gasteiger partial charge in [0, 0.05) is 17.8 Å². The second kappa shape index (κ2) is 5.47. The van der Waals surface area contributed by atoms with Crippen molar-refractivity contribution in [1.82, 2.24) is 14.3 Å². The number of nitrogen functional groups attached to an aromatic ring is 1. The van der Waals surface area contributed by atoms with Crippen molar-refractivity contribution in [3.8, 4) is 11.3 Å². The third-order valence-corrected chi connectivity index (χ3v) is 5.19. The zero-order valence-electron chi connectivity index (χ0n) is 11.0. The number of thiazole rings is 2. The molecule has 104 valence electrons. The zero-order valence-corrected chi connectivity index (χ0v) is 13.5. The minimum absolute atomic E-state index is 0.542. The highest BCUT2D eigenvalue weighted by Crippen LogP contribution is 2.39. The summed E-state index contributed by atoms with van der Waals surface area (Å²) in [7, 11) is 2.02. The van der Waals surface area contributed by atoms with Gasteiger partial charge in [0.15, 0.2) is 0 Å². The minimum atomic E-state index is 0.542. The van der Waals surface area contributed by atoms with Crippen molar-refractivity contribution >= 4 is 45.0 Å². The van der Waals surface area contributed by atoms with Gasteiger partial charge in [0.25, 0.3) is 0 Å². The second-order valence-corrected chi connectivity index (χ2v) is 6.87. The number of hydrogen-bond donors (Lipinski definition) is 1. The first kappa shape index (κ1) is 13.5. The summed E-state index contributed by atoms with van der Waals surface area (Å²) in [5.41, 5.74) is 10.7. The van der Waals surface area contributed by atoms with Gasteiger partial charge in [-0.05, 0) is 18.5 Å². The molecule has 0 aliphatic heterocycles. The molecule has 3 aromatic rings. The molecule has 0 fully saturated rings. The van der Waals surface area contributed by atoms with E-state index in [1.165, 1.54) is 11.5 Å². The second-order valence-electron chi connectivity index (χ2n) is 4.34. The van der Waals surface area contributed by atoms with Crippen molar-refractivity contribution < 1.29 is 0 Å². The molecule has 0 saturated heterocycles. The fraction of sp³-hybridized carbons (Fsp3) is 0.250. The van der Waals surface area contributed by atoms with E-state index in [0.717, 1.165) is 33.5 Å². The molecule has 0 unspecified atom stereocenters. The molecular formula is C12H13N5S3. The first-order valence-electron chi connectivity index (χ1n) is 5.91. The fourth-order valence-electron chi connectivity index (χ4n) is 1.90. The van der Waals surface area contributed by atoms with Crippen molar-refractivity contribution in [1.29, 1.82) is 0 Å². The Morgan fingerprint density at radius 1 is 1.35 bits per heavy atom. The molecule has 0 aliphatic rings. The Labute approximate surface area is 128 Å². The molecule has 0 atom stereocenters. The number of nitrogens with zero attached hydrogens (tertiary/aromatic N) is 4. The summed E-state index contributed by atoms with van der Waals surface area (Å²) in [5, 5.41) is 6.13. The van der Waals surface area contributed by atoms with Crippen LogP contribution in [0.2, 0.25) is 0 Å². The normalized spacial score (nSPS) is 10.9. The molecular weight excluding hydrogens is 310 g/mol. The Morgan fingerprint density at radius 2 is 2.20 bits per heavy atom. The maximum Gasteiger partial charge on any atom is 0.148 e. The number of nitrogens with two attached hydrogens (primary N) is 1. The monoisotopic (exact) mass is 323 g/mol. The van der Waals surface area contributed by atoms with Crippen LogP contribution < -0.4 is 10.6 Å². The first-order valence-corrected chi connectivity index (χ1v) is 8.50. The molecule has 0 radical (unpaired) electrons. The summed E-state index contributed by atoms with van der Waals surface area (Å²) < 4.78 is 4.28. The van der Waals surface area contributed by atoms with Gasteiger partial charge in [-0.15, -0.1) is 22.7 Å². The molecule has 20 heavy (non-hydrogen) atoms. The summed E-state index contributed by atoms with van der Waals surface area (Å²) >= 11 is 4.62. The summed E-state index contributed by atoms with van der Waals surface area (Å²) in [6.45, 7) is 2.73. The molecule has 2 N–H and O–H groups in total. The van der Waals surface area contributed by atoms with Crippen LogP contribution in [0.5, 0.6) is 0 Å². The quantitative estimate of drug-likeness (QED) is 0.798. The highest BCUT2D eigenvalue weighted by Gasteiger charge is 2.19. The Hall–Kier alpha value is -1.51. The number of anilines is 2. The van der Waals surface area contributed by atoms with E-state index in [2.05, 4.69) is 19.2 Å². The van der Waals surface area contributed by atoms with E-state index in [-0.39, 0.29) is 0 Å². The average molecular weight is 323 g/mol. The predicted molar refractivity (Wildman–Crippen MR) is 86.6 cm³/mol. The molecule has 0 aliphatic carbocycles. The Kier molecular flexibility index (Phi) is 3.68. The Morgan fingerprint density at radius 3 is 2.85 bits per heavy atom. The van der Waals surface area contributed by atoms with Gasteiger partial charge in [-0.1, -0.05) is 0 Å². The maximum absolute atomic E-state index is 6.02. The topological polar surface area (TPSA) is 67.9 Å². The molecule has 3 rings (SSSR count). The molecule has 3 heterocycles. The lowest BCUT2D eigenvalue weighted by molar-refractivity contribution is 0.905. The van der Waals surface area contributed by atoms with Crippen molar-refractivity contribution in [3.05, 3.63) is 27.0 Å². The molecule has 0 spiro atoms. The van der Waals surface area contributed by atoms with Crippen LogP contribution in [0.25, 0.3) is 11.3 Å². The van der Waals surface area contributed by atoms with Crippen LogP contribution in [0, 0.1) is 6.92 Å². The fourth-order valence-corrected chi connectivity index (χ4v) is 3.84. The van der Waals surface area contributed by atoms with Gasteiger partial charge in [-0.25, -0.2) is 9.97 Å². The van der Waals surface area contributed by atoms with Crippen LogP contribution >= 0.6 is 34.2 Å². The van der Waals surface area contributed by atoms with Crippen LogP contribution in [-0.2, 0) is 6.54 Å². The lowest BCUT2D eigenvalue weighted by Crippen LogP contribution is -2.16. The largest absolute Gasteiger partial charge is 0.382 e. The van der Waals surface area contributed by atoms with E-state index in [1.807, 2.05) is 30.2 Å². The van der Waals surface area contributed by atoms with Gasteiger partial charge < -0.3 is 10.6 Å². The predicted octanol–water partition coefficient (Wildman–Crippen LogP) is 3.25. The van der Waals surface area contributed by atoms with Gasteiger partial charge in [0.2, 0.25) is 0 Å². The number of aryl methyl sites for hydroxylation is 1. The first-order chi connectivity index (χ1) is 9.65. The highest BCUT2D eigenvalue weighted by atomic mass is 32.1. The Bertz CT molecular complexity index is 701. The van der Waals surface area contributed by atoms with Gasteiger partial charge in [-0.2, -0.15) is 4.37 Å². The van der Waals surface area contributed by atoms with E-state index in [0.29, 0.717) is 5.82 Å². The van der Waals surface area contributed by atoms with Crippen molar-refractivity contribution in [3.63, 3.8) is 0 Å². The summed E-state index contributed by atoms with van der Waals surface area (Å²) in [5.74, 6) is 0.542. The van der Waals surface area contributed by atoms with Gasteiger partial charge in [0.05, 0.1) is 34.0 Å². The Balaban J connectivity index is 1.94. The van der Waals surface area contributed by atoms with Crippen LogP contribution in [0.15, 0.2) is 16.3 Å². The SMILES string of the molecule is Cc1nc(-c2c(N)nsc2N(C)Cc2cscn2)cs1. The summed E-state index contributed by atoms with van der Waals surface area (Å²) in [6.07, 6.45) is 0. The van der Waals surface area contributed by atoms with E-state index < -0.39 is 0 Å². The molecule has 0 amide bonds. The van der Waals surface area contributed by atoms with Gasteiger partial charge in [0.1, 0.15) is 10.8 Å². The molecule has 0 aromatic carbocycles. The molecule has 0 bridgehead atoms. The molecule has 5 nitrogen and oxygen atoms in total. The highest BCUT2D eigenvalue weighted by molar-refractivity contribution is 7.11. The van der Waals surface area contributed by atoms with E-state index in [1.54, 1.807) is 22.7 Å². The van der Waals surface area contributed by atoms with Gasteiger partial charge >= 0.3 is 0 Å². The standard InChI is InChI=1S/C12H13N5S3/c1-7-15-9(5-19-7)10-11(13)16-20-12(10)17(2)3-8-4-18-6-14-8/h4-6H,3H2,1-2H3,(H2,13,16). The van der Waals surface area contributed by atoms with E-state index in [9.17, 15) is 0 Å². The average Bonchev–Trinajstić information content (AvgIpc) is 3.10. The van der Waals surface area contributed by atoms with Crippen LogP contribution in [0.3, 0.4) is 0 Å². The summed E-state index contributed by atoms with van der Waals surface area (Å²) in [6, 6.07) is 0. The van der Waals surface area contributed by atoms with Crippen LogP contribution in [0.1, 0.15) is 10.7 Å².